The molecule has 110 valence electrons. The van der Waals surface area contributed by atoms with Crippen LogP contribution in [0.15, 0.2) is 30.3 Å². The molecular weight excluding hydrogens is 244 g/mol. The molecule has 2 atom stereocenters. The van der Waals surface area contributed by atoms with Crippen molar-refractivity contribution in [2.75, 3.05) is 26.2 Å². The van der Waals surface area contributed by atoms with Gasteiger partial charge in [0.1, 0.15) is 0 Å². The molecule has 1 N–H and O–H groups in total. The van der Waals surface area contributed by atoms with E-state index in [0.717, 1.165) is 12.5 Å². The van der Waals surface area contributed by atoms with E-state index in [2.05, 4.69) is 47.5 Å². The van der Waals surface area contributed by atoms with Crippen molar-refractivity contribution in [1.29, 1.82) is 0 Å². The molecule has 0 bridgehead atoms. The van der Waals surface area contributed by atoms with Crippen LogP contribution in [-0.4, -0.2) is 31.1 Å². The predicted octanol–water partition coefficient (Wildman–Crippen LogP) is 3.29. The lowest BCUT2D eigenvalue weighted by molar-refractivity contribution is 0.00527. The first-order chi connectivity index (χ1) is 9.82. The van der Waals surface area contributed by atoms with Gasteiger partial charge in [0.05, 0.1) is 0 Å². The first-order valence-electron chi connectivity index (χ1n) is 8.29. The average Bonchev–Trinajstić information content (AvgIpc) is 2.49. The molecule has 2 heterocycles. The highest BCUT2D eigenvalue weighted by atomic mass is 15.1. The molecule has 3 rings (SSSR count). The molecule has 2 saturated heterocycles. The van der Waals surface area contributed by atoms with E-state index in [1.54, 1.807) is 0 Å². The first kappa shape index (κ1) is 14.1. The van der Waals surface area contributed by atoms with Crippen molar-refractivity contribution in [1.82, 2.24) is 10.2 Å². The zero-order valence-electron chi connectivity index (χ0n) is 12.8. The zero-order valence-corrected chi connectivity index (χ0v) is 12.8. The Balaban J connectivity index is 1.69. The molecule has 0 amide bonds. The second-order valence-corrected chi connectivity index (χ2v) is 6.72. The lowest BCUT2D eigenvalue weighted by Crippen LogP contribution is -2.53. The molecule has 0 radical (unpaired) electrons. The Morgan fingerprint density at radius 3 is 2.90 bits per heavy atom. The van der Waals surface area contributed by atoms with E-state index in [4.69, 9.17) is 0 Å². The maximum Gasteiger partial charge on any atom is 0.0233 e. The fraction of sp³-hybridized carbons (Fsp3) is 0.667. The van der Waals surface area contributed by atoms with E-state index < -0.39 is 0 Å². The highest BCUT2D eigenvalue weighted by molar-refractivity contribution is 5.14. The number of nitrogens with zero attached hydrogens (tertiary/aromatic N) is 1. The minimum absolute atomic E-state index is 0.590. The Labute approximate surface area is 123 Å². The molecule has 20 heavy (non-hydrogen) atoms. The third-order valence-corrected chi connectivity index (χ3v) is 5.49. The largest absolute Gasteiger partial charge is 0.316 e. The summed E-state index contributed by atoms with van der Waals surface area (Å²) in [6, 6.07) is 11.0. The molecule has 1 aromatic rings. The monoisotopic (exact) mass is 272 g/mol. The van der Waals surface area contributed by atoms with E-state index in [-0.39, 0.29) is 0 Å². The topological polar surface area (TPSA) is 15.3 Å². The highest BCUT2D eigenvalue weighted by Gasteiger charge is 2.42. The lowest BCUT2D eigenvalue weighted by atomic mass is 9.65. The van der Waals surface area contributed by atoms with Crippen molar-refractivity contribution in [3.8, 4) is 0 Å². The molecule has 2 aliphatic heterocycles. The predicted molar refractivity (Wildman–Crippen MR) is 84.7 cm³/mol. The second kappa shape index (κ2) is 6.28. The number of likely N-dealkylation sites (tertiary alicyclic amines) is 1. The quantitative estimate of drug-likeness (QED) is 0.908. The average molecular weight is 272 g/mol. The van der Waals surface area contributed by atoms with Crippen molar-refractivity contribution < 1.29 is 0 Å². The van der Waals surface area contributed by atoms with Crippen molar-refractivity contribution in [2.24, 2.45) is 11.3 Å². The van der Waals surface area contributed by atoms with E-state index >= 15 is 0 Å². The minimum atomic E-state index is 0.590. The van der Waals surface area contributed by atoms with Gasteiger partial charge in [0.15, 0.2) is 0 Å². The molecule has 1 spiro atoms. The number of hydrogen-bond acceptors (Lipinski definition) is 2. The number of piperidine rings is 2. The summed E-state index contributed by atoms with van der Waals surface area (Å²) in [5.74, 6) is 0.870. The summed E-state index contributed by atoms with van der Waals surface area (Å²) in [4.78, 5) is 2.70. The minimum Gasteiger partial charge on any atom is -0.316 e. The summed E-state index contributed by atoms with van der Waals surface area (Å²) in [5.41, 5.74) is 2.05. The van der Waals surface area contributed by atoms with Crippen LogP contribution in [0.4, 0.5) is 0 Å². The summed E-state index contributed by atoms with van der Waals surface area (Å²) >= 11 is 0. The standard InChI is InChI=1S/C18H28N2/c1-2-17-13-19-11-10-18(17)9-6-12-20(15-18)14-16-7-4-3-5-8-16/h3-5,7-8,17,19H,2,6,9-15H2,1H3. The summed E-state index contributed by atoms with van der Waals surface area (Å²) < 4.78 is 0. The van der Waals surface area contributed by atoms with Gasteiger partial charge >= 0.3 is 0 Å². The van der Waals surface area contributed by atoms with Crippen molar-refractivity contribution in [2.45, 2.75) is 39.2 Å². The molecule has 0 saturated carbocycles. The van der Waals surface area contributed by atoms with Gasteiger partial charge in [-0.1, -0.05) is 43.7 Å². The van der Waals surface area contributed by atoms with Crippen LogP contribution in [0.2, 0.25) is 0 Å². The van der Waals surface area contributed by atoms with Crippen LogP contribution in [0, 0.1) is 11.3 Å². The molecule has 0 aromatic heterocycles. The first-order valence-corrected chi connectivity index (χ1v) is 8.29. The zero-order chi connectivity index (χ0) is 13.8. The van der Waals surface area contributed by atoms with Gasteiger partial charge in [0.25, 0.3) is 0 Å². The molecule has 2 nitrogen and oxygen atoms in total. The molecule has 2 unspecified atom stereocenters. The van der Waals surface area contributed by atoms with Crippen molar-refractivity contribution in [3.05, 3.63) is 35.9 Å². The van der Waals surface area contributed by atoms with Crippen LogP contribution in [-0.2, 0) is 6.54 Å². The Bertz CT molecular complexity index is 413. The van der Waals surface area contributed by atoms with Crippen LogP contribution >= 0.6 is 0 Å². The fourth-order valence-corrected chi connectivity index (χ4v) is 4.38. The summed E-state index contributed by atoms with van der Waals surface area (Å²) in [6.07, 6.45) is 5.52. The van der Waals surface area contributed by atoms with E-state index in [0.29, 0.717) is 5.41 Å². The highest BCUT2D eigenvalue weighted by Crippen LogP contribution is 2.43. The van der Waals surface area contributed by atoms with Gasteiger partial charge in [-0.15, -0.1) is 0 Å². The lowest BCUT2D eigenvalue weighted by Gasteiger charge is -2.50. The van der Waals surface area contributed by atoms with Crippen LogP contribution < -0.4 is 5.32 Å². The van der Waals surface area contributed by atoms with Gasteiger partial charge in [-0.3, -0.25) is 4.90 Å². The van der Waals surface area contributed by atoms with Gasteiger partial charge in [-0.05, 0) is 55.8 Å². The third kappa shape index (κ3) is 2.91. The smallest absolute Gasteiger partial charge is 0.0233 e. The normalized spacial score (nSPS) is 31.6. The van der Waals surface area contributed by atoms with Crippen molar-refractivity contribution >= 4 is 0 Å². The van der Waals surface area contributed by atoms with Gasteiger partial charge in [0.2, 0.25) is 0 Å². The third-order valence-electron chi connectivity index (χ3n) is 5.49. The SMILES string of the molecule is CCC1CNCCC12CCCN(Cc1ccccc1)C2. The van der Waals surface area contributed by atoms with Crippen LogP contribution in [0.25, 0.3) is 0 Å². The molecule has 2 aliphatic rings. The van der Waals surface area contributed by atoms with Crippen LogP contribution in [0.5, 0.6) is 0 Å². The summed E-state index contributed by atoms with van der Waals surface area (Å²) in [7, 11) is 0. The Morgan fingerprint density at radius 1 is 1.25 bits per heavy atom. The number of benzene rings is 1. The van der Waals surface area contributed by atoms with E-state index in [1.165, 1.54) is 57.4 Å². The Kier molecular flexibility index (Phi) is 4.42. The molecule has 1 aromatic carbocycles. The van der Waals surface area contributed by atoms with Gasteiger partial charge in [-0.25, -0.2) is 0 Å². The van der Waals surface area contributed by atoms with E-state index in [9.17, 15) is 0 Å². The van der Waals surface area contributed by atoms with Crippen molar-refractivity contribution in [3.63, 3.8) is 0 Å². The molecule has 2 fully saturated rings. The maximum absolute atomic E-state index is 3.60. The van der Waals surface area contributed by atoms with Gasteiger partial charge in [0, 0.05) is 13.1 Å². The second-order valence-electron chi connectivity index (χ2n) is 6.72. The summed E-state index contributed by atoms with van der Waals surface area (Å²) in [6.45, 7) is 8.54. The van der Waals surface area contributed by atoms with Gasteiger partial charge < -0.3 is 5.32 Å². The van der Waals surface area contributed by atoms with E-state index in [1.807, 2.05) is 0 Å². The number of hydrogen-bond donors (Lipinski definition) is 1. The molecule has 2 heteroatoms. The molecule has 0 aliphatic carbocycles. The van der Waals surface area contributed by atoms with Gasteiger partial charge in [-0.2, -0.15) is 0 Å². The van der Waals surface area contributed by atoms with Crippen LogP contribution in [0.3, 0.4) is 0 Å². The number of rotatable bonds is 3. The number of nitrogens with one attached hydrogen (secondary N) is 1. The fourth-order valence-electron chi connectivity index (χ4n) is 4.38. The Morgan fingerprint density at radius 2 is 2.10 bits per heavy atom. The summed E-state index contributed by atoms with van der Waals surface area (Å²) in [5, 5.41) is 3.60. The molecular formula is C18H28N2. The maximum atomic E-state index is 3.60. The Hall–Kier alpha value is -0.860. The van der Waals surface area contributed by atoms with Crippen LogP contribution in [0.1, 0.15) is 38.2 Å².